The van der Waals surface area contributed by atoms with Crippen molar-refractivity contribution >= 4 is 28.9 Å². The molecule has 0 aliphatic heterocycles. The smallest absolute Gasteiger partial charge is 0.267 e. The van der Waals surface area contributed by atoms with Gasteiger partial charge >= 0.3 is 0 Å². The van der Waals surface area contributed by atoms with Gasteiger partial charge in [-0.25, -0.2) is 0 Å². The van der Waals surface area contributed by atoms with Gasteiger partial charge in [-0.1, -0.05) is 62.7 Å². The van der Waals surface area contributed by atoms with Crippen LogP contribution in [0, 0.1) is 11.3 Å². The Hall–Kier alpha value is -2.77. The molecule has 0 aliphatic carbocycles. The van der Waals surface area contributed by atoms with E-state index >= 15 is 0 Å². The summed E-state index contributed by atoms with van der Waals surface area (Å²) in [6.07, 6.45) is 1.41. The van der Waals surface area contributed by atoms with Gasteiger partial charge in [0.05, 0.1) is 10.7 Å². The van der Waals surface area contributed by atoms with Gasteiger partial charge in [-0.15, -0.1) is 0 Å². The summed E-state index contributed by atoms with van der Waals surface area (Å²) < 4.78 is 0. The van der Waals surface area contributed by atoms with Crippen molar-refractivity contribution in [3.8, 4) is 6.07 Å². The summed E-state index contributed by atoms with van der Waals surface area (Å²) in [4.78, 5) is 12.3. The Kier molecular flexibility index (Phi) is 5.84. The molecule has 0 saturated carbocycles. The quantitative estimate of drug-likeness (QED) is 0.594. The number of hydrogen-bond donors (Lipinski definition) is 2. The Morgan fingerprint density at radius 1 is 1.08 bits per heavy atom. The van der Waals surface area contributed by atoms with Crippen LogP contribution in [-0.4, -0.2) is 5.91 Å². The fourth-order valence-corrected chi connectivity index (χ4v) is 2.50. The molecule has 2 N–H and O–H groups in total. The number of benzene rings is 2. The Morgan fingerprint density at radius 2 is 1.68 bits per heavy atom. The van der Waals surface area contributed by atoms with E-state index in [4.69, 9.17) is 11.6 Å². The van der Waals surface area contributed by atoms with Gasteiger partial charge < -0.3 is 10.6 Å². The van der Waals surface area contributed by atoms with Crippen LogP contribution in [0.1, 0.15) is 26.3 Å². The van der Waals surface area contributed by atoms with Crippen LogP contribution >= 0.6 is 11.6 Å². The van der Waals surface area contributed by atoms with Crippen molar-refractivity contribution in [2.75, 3.05) is 10.6 Å². The first-order chi connectivity index (χ1) is 11.8. The summed E-state index contributed by atoms with van der Waals surface area (Å²) in [5.41, 5.74) is 2.31. The number of nitrogens with one attached hydrogen (secondary N) is 2. The maximum atomic E-state index is 12.3. The average Bonchev–Trinajstić information content (AvgIpc) is 2.57. The third-order valence-corrected chi connectivity index (χ3v) is 3.92. The Balaban J connectivity index is 2.21. The largest absolute Gasteiger partial charge is 0.360 e. The third-order valence-electron chi connectivity index (χ3n) is 3.59. The van der Waals surface area contributed by atoms with Gasteiger partial charge in [-0.2, -0.15) is 5.26 Å². The molecule has 5 heteroatoms. The summed E-state index contributed by atoms with van der Waals surface area (Å²) in [5, 5.41) is 15.4. The Bertz CT molecular complexity index is 845. The topological polar surface area (TPSA) is 64.9 Å². The standard InChI is InChI=1S/C20H20ClN3O/c1-20(2,3)15-8-4-6-10-17(15)23-13-14(12-22)19(25)24-18-11-7-5-9-16(18)21/h4-11,13,23H,1-3H3,(H,24,25)/b14-13-. The van der Waals surface area contributed by atoms with E-state index in [-0.39, 0.29) is 11.0 Å². The Labute approximate surface area is 153 Å². The number of nitriles is 1. The van der Waals surface area contributed by atoms with Crippen LogP contribution in [-0.2, 0) is 10.2 Å². The number of rotatable bonds is 4. The zero-order valence-electron chi connectivity index (χ0n) is 14.4. The van der Waals surface area contributed by atoms with Gasteiger partial charge in [-0.05, 0) is 29.2 Å². The van der Waals surface area contributed by atoms with E-state index in [0.29, 0.717) is 10.7 Å². The van der Waals surface area contributed by atoms with Crippen molar-refractivity contribution in [2.24, 2.45) is 0 Å². The van der Waals surface area contributed by atoms with Crippen molar-refractivity contribution in [3.63, 3.8) is 0 Å². The fourth-order valence-electron chi connectivity index (χ4n) is 2.31. The first-order valence-corrected chi connectivity index (χ1v) is 8.23. The minimum absolute atomic E-state index is 0.0383. The maximum Gasteiger partial charge on any atom is 0.267 e. The third kappa shape index (κ3) is 4.85. The lowest BCUT2D eigenvalue weighted by Crippen LogP contribution is -2.16. The summed E-state index contributed by atoms with van der Waals surface area (Å²) in [5.74, 6) is -0.517. The van der Waals surface area contributed by atoms with Crippen LogP contribution in [0.2, 0.25) is 5.02 Å². The molecule has 1 amide bonds. The average molecular weight is 354 g/mol. The summed E-state index contributed by atoms with van der Waals surface area (Å²) in [7, 11) is 0. The van der Waals surface area contributed by atoms with Crippen LogP contribution in [0.15, 0.2) is 60.3 Å². The maximum absolute atomic E-state index is 12.3. The van der Waals surface area contributed by atoms with Gasteiger partial charge in [0.15, 0.2) is 0 Å². The molecule has 0 aliphatic rings. The van der Waals surface area contributed by atoms with E-state index < -0.39 is 5.91 Å². The highest BCUT2D eigenvalue weighted by atomic mass is 35.5. The number of para-hydroxylation sites is 2. The molecule has 4 nitrogen and oxygen atoms in total. The molecule has 0 fully saturated rings. The minimum Gasteiger partial charge on any atom is -0.360 e. The molecule has 2 rings (SSSR count). The second kappa shape index (κ2) is 7.87. The molecule has 0 unspecified atom stereocenters. The van der Waals surface area contributed by atoms with E-state index in [1.807, 2.05) is 30.3 Å². The number of halogens is 1. The first kappa shape index (κ1) is 18.6. The van der Waals surface area contributed by atoms with Crippen molar-refractivity contribution < 1.29 is 4.79 Å². The van der Waals surface area contributed by atoms with Crippen LogP contribution in [0.5, 0.6) is 0 Å². The molecular formula is C20H20ClN3O. The molecule has 0 spiro atoms. The van der Waals surface area contributed by atoms with E-state index in [2.05, 4.69) is 31.4 Å². The summed E-state index contributed by atoms with van der Waals surface area (Å²) >= 11 is 6.03. The lowest BCUT2D eigenvalue weighted by atomic mass is 9.86. The highest BCUT2D eigenvalue weighted by Gasteiger charge is 2.17. The lowest BCUT2D eigenvalue weighted by Gasteiger charge is -2.22. The molecule has 0 aromatic heterocycles. The predicted octanol–water partition coefficient (Wildman–Crippen LogP) is 5.10. The fraction of sp³-hybridized carbons (Fsp3) is 0.200. The Morgan fingerprint density at radius 3 is 2.28 bits per heavy atom. The zero-order chi connectivity index (χ0) is 18.4. The molecule has 0 atom stereocenters. The second-order valence-electron chi connectivity index (χ2n) is 6.54. The molecule has 0 bridgehead atoms. The number of anilines is 2. The van der Waals surface area contributed by atoms with E-state index in [1.54, 1.807) is 24.3 Å². The highest BCUT2D eigenvalue weighted by molar-refractivity contribution is 6.33. The molecule has 25 heavy (non-hydrogen) atoms. The number of amides is 1. The van der Waals surface area contributed by atoms with Gasteiger partial charge in [0.2, 0.25) is 0 Å². The molecular weight excluding hydrogens is 334 g/mol. The van der Waals surface area contributed by atoms with Crippen LogP contribution < -0.4 is 10.6 Å². The van der Waals surface area contributed by atoms with Gasteiger partial charge in [0.25, 0.3) is 5.91 Å². The summed E-state index contributed by atoms with van der Waals surface area (Å²) in [6, 6.07) is 16.6. The highest BCUT2D eigenvalue weighted by Crippen LogP contribution is 2.29. The normalized spacial score (nSPS) is 11.6. The lowest BCUT2D eigenvalue weighted by molar-refractivity contribution is -0.112. The van der Waals surface area contributed by atoms with Crippen LogP contribution in [0.25, 0.3) is 0 Å². The molecule has 0 saturated heterocycles. The summed E-state index contributed by atoms with van der Waals surface area (Å²) in [6.45, 7) is 6.31. The monoisotopic (exact) mass is 353 g/mol. The van der Waals surface area contributed by atoms with E-state index in [0.717, 1.165) is 11.3 Å². The number of hydrogen-bond acceptors (Lipinski definition) is 3. The number of carbonyl (C=O) groups is 1. The van der Waals surface area contributed by atoms with Crippen molar-refractivity contribution in [1.82, 2.24) is 0 Å². The zero-order valence-corrected chi connectivity index (χ0v) is 15.2. The SMILES string of the molecule is CC(C)(C)c1ccccc1N/C=C(/C#N)C(=O)Nc1ccccc1Cl. The molecule has 128 valence electrons. The second-order valence-corrected chi connectivity index (χ2v) is 6.95. The molecule has 0 radical (unpaired) electrons. The molecule has 2 aromatic carbocycles. The molecule has 0 heterocycles. The number of carbonyl (C=O) groups excluding carboxylic acids is 1. The van der Waals surface area contributed by atoms with Crippen molar-refractivity contribution in [2.45, 2.75) is 26.2 Å². The van der Waals surface area contributed by atoms with Gasteiger partial charge in [0.1, 0.15) is 11.6 Å². The minimum atomic E-state index is -0.517. The van der Waals surface area contributed by atoms with Crippen LogP contribution in [0.4, 0.5) is 11.4 Å². The van der Waals surface area contributed by atoms with Gasteiger partial charge in [-0.3, -0.25) is 4.79 Å². The van der Waals surface area contributed by atoms with Crippen LogP contribution in [0.3, 0.4) is 0 Å². The first-order valence-electron chi connectivity index (χ1n) is 7.85. The van der Waals surface area contributed by atoms with Crippen molar-refractivity contribution in [3.05, 3.63) is 70.9 Å². The predicted molar refractivity (Wildman–Crippen MR) is 103 cm³/mol. The van der Waals surface area contributed by atoms with Gasteiger partial charge in [0, 0.05) is 11.9 Å². The number of nitrogens with zero attached hydrogens (tertiary/aromatic N) is 1. The molecule has 2 aromatic rings. The van der Waals surface area contributed by atoms with Crippen molar-refractivity contribution in [1.29, 1.82) is 5.26 Å². The van der Waals surface area contributed by atoms with E-state index in [9.17, 15) is 10.1 Å². The van der Waals surface area contributed by atoms with E-state index in [1.165, 1.54) is 6.20 Å².